The van der Waals surface area contributed by atoms with Gasteiger partial charge in [-0.05, 0) is 30.9 Å². The minimum atomic E-state index is -1.02. The predicted molar refractivity (Wildman–Crippen MR) is 80.7 cm³/mol. The van der Waals surface area contributed by atoms with Gasteiger partial charge in [-0.25, -0.2) is 13.2 Å². The molecule has 0 radical (unpaired) electrons. The molecule has 0 spiro atoms. The summed E-state index contributed by atoms with van der Waals surface area (Å²) < 4.78 is 41.4. The van der Waals surface area contributed by atoms with Gasteiger partial charge in [0.05, 0.1) is 0 Å². The van der Waals surface area contributed by atoms with Crippen LogP contribution in [-0.2, 0) is 0 Å². The van der Waals surface area contributed by atoms with E-state index in [0.717, 1.165) is 51.2 Å². The quantitative estimate of drug-likeness (QED) is 0.848. The van der Waals surface area contributed by atoms with Crippen molar-refractivity contribution in [2.45, 2.75) is 18.9 Å². The first-order chi connectivity index (χ1) is 9.18. The minimum Gasteiger partial charge on any atom is -0.314 e. The van der Waals surface area contributed by atoms with E-state index in [1.165, 1.54) is 0 Å². The van der Waals surface area contributed by atoms with Crippen molar-refractivity contribution >= 4 is 24.8 Å². The average molecular weight is 343 g/mol. The number of benzene rings is 1. The maximum Gasteiger partial charge on any atom is 0.166 e. The lowest BCUT2D eigenvalue weighted by atomic mass is 9.98. The van der Waals surface area contributed by atoms with Gasteiger partial charge in [0.15, 0.2) is 11.6 Å². The summed E-state index contributed by atoms with van der Waals surface area (Å²) in [5.74, 6) is -2.36. The largest absolute Gasteiger partial charge is 0.314 e. The van der Waals surface area contributed by atoms with E-state index >= 15 is 0 Å². The Balaban J connectivity index is 0.00000110. The molecular formula is C14H19Cl2F3N2. The Kier molecular flexibility index (Phi) is 6.78. The van der Waals surface area contributed by atoms with Crippen molar-refractivity contribution in [1.29, 1.82) is 0 Å². The molecule has 0 bridgehead atoms. The highest BCUT2D eigenvalue weighted by atomic mass is 35.5. The van der Waals surface area contributed by atoms with Crippen LogP contribution in [0.3, 0.4) is 0 Å². The summed E-state index contributed by atoms with van der Waals surface area (Å²) in [6, 6.07) is 1.57. The van der Waals surface area contributed by atoms with E-state index in [-0.39, 0.29) is 42.3 Å². The second-order valence-corrected chi connectivity index (χ2v) is 5.33. The number of hydrogen-bond acceptors (Lipinski definition) is 2. The Morgan fingerprint density at radius 2 is 1.57 bits per heavy atom. The first-order valence-corrected chi connectivity index (χ1v) is 6.76. The number of halogens is 5. The van der Waals surface area contributed by atoms with Gasteiger partial charge >= 0.3 is 0 Å². The Hall–Kier alpha value is -0.490. The molecule has 2 fully saturated rings. The third-order valence-corrected chi connectivity index (χ3v) is 3.99. The van der Waals surface area contributed by atoms with Gasteiger partial charge in [-0.1, -0.05) is 0 Å². The summed E-state index contributed by atoms with van der Waals surface area (Å²) in [6.45, 7) is 3.11. The van der Waals surface area contributed by atoms with Gasteiger partial charge in [0.1, 0.15) is 5.82 Å². The second-order valence-electron chi connectivity index (χ2n) is 5.33. The Morgan fingerprint density at radius 1 is 1.00 bits per heavy atom. The lowest BCUT2D eigenvalue weighted by molar-refractivity contribution is 0.148. The molecule has 1 heterocycles. The standard InChI is InChI=1S/C14H17F3N2.2ClH/c15-10-3-4-11(16)13(17)12(10)14(9-1-2-9)19-7-5-18-6-8-19;;/h3-4,9,14,18H,1-2,5-8H2;2*1H/t14-;;/m1../s1. The molecule has 1 N–H and O–H groups in total. The molecule has 1 saturated heterocycles. The molecule has 0 aromatic heterocycles. The Bertz CT molecular complexity index is 478. The van der Waals surface area contributed by atoms with Crippen LogP contribution in [0, 0.1) is 23.4 Å². The Morgan fingerprint density at radius 3 is 2.14 bits per heavy atom. The number of rotatable bonds is 3. The fourth-order valence-electron chi connectivity index (χ4n) is 2.90. The molecule has 2 nitrogen and oxygen atoms in total. The zero-order valence-electron chi connectivity index (χ0n) is 11.4. The fraction of sp³-hybridized carbons (Fsp3) is 0.571. The molecule has 1 aromatic rings. The third kappa shape index (κ3) is 3.83. The van der Waals surface area contributed by atoms with E-state index in [1.54, 1.807) is 0 Å². The summed E-state index contributed by atoms with van der Waals surface area (Å²) in [7, 11) is 0. The van der Waals surface area contributed by atoms with Crippen LogP contribution < -0.4 is 5.32 Å². The number of piperazine rings is 1. The van der Waals surface area contributed by atoms with Crippen LogP contribution >= 0.6 is 24.8 Å². The fourth-order valence-corrected chi connectivity index (χ4v) is 2.90. The van der Waals surface area contributed by atoms with E-state index in [9.17, 15) is 13.2 Å². The lowest BCUT2D eigenvalue weighted by Crippen LogP contribution is -2.46. The van der Waals surface area contributed by atoms with E-state index in [2.05, 4.69) is 10.2 Å². The molecule has 1 aliphatic heterocycles. The normalized spacial score (nSPS) is 20.3. The van der Waals surface area contributed by atoms with Crippen molar-refractivity contribution in [3.05, 3.63) is 35.1 Å². The third-order valence-electron chi connectivity index (χ3n) is 3.99. The van der Waals surface area contributed by atoms with Crippen molar-refractivity contribution in [3.8, 4) is 0 Å². The predicted octanol–water partition coefficient (Wildman–Crippen LogP) is 3.30. The molecule has 0 unspecified atom stereocenters. The van der Waals surface area contributed by atoms with Crippen LogP contribution in [0.2, 0.25) is 0 Å². The lowest BCUT2D eigenvalue weighted by Gasteiger charge is -2.35. The summed E-state index contributed by atoms with van der Waals surface area (Å²) in [5.41, 5.74) is -0.0793. The monoisotopic (exact) mass is 342 g/mol. The minimum absolute atomic E-state index is 0. The SMILES string of the molecule is Cl.Cl.Fc1ccc(F)c([C@@H](C2CC2)N2CCNCC2)c1F. The van der Waals surface area contributed by atoms with Gasteiger partial charge < -0.3 is 5.32 Å². The maximum absolute atomic E-state index is 14.0. The van der Waals surface area contributed by atoms with E-state index in [0.29, 0.717) is 0 Å². The molecule has 3 rings (SSSR count). The zero-order chi connectivity index (χ0) is 13.4. The van der Waals surface area contributed by atoms with Crippen molar-refractivity contribution in [1.82, 2.24) is 10.2 Å². The van der Waals surface area contributed by atoms with Crippen LogP contribution in [0.1, 0.15) is 24.4 Å². The average Bonchev–Trinajstić information content (AvgIpc) is 3.24. The molecule has 2 aliphatic rings. The van der Waals surface area contributed by atoms with Crippen molar-refractivity contribution in [2.75, 3.05) is 26.2 Å². The van der Waals surface area contributed by atoms with Crippen LogP contribution in [-0.4, -0.2) is 31.1 Å². The molecule has 1 atom stereocenters. The molecule has 21 heavy (non-hydrogen) atoms. The zero-order valence-corrected chi connectivity index (χ0v) is 13.1. The van der Waals surface area contributed by atoms with Gasteiger partial charge in [-0.15, -0.1) is 24.8 Å². The molecule has 1 aliphatic carbocycles. The molecule has 0 amide bonds. The number of nitrogens with zero attached hydrogens (tertiary/aromatic N) is 1. The first kappa shape index (κ1) is 18.6. The van der Waals surface area contributed by atoms with Crippen molar-refractivity contribution < 1.29 is 13.2 Å². The summed E-state index contributed by atoms with van der Waals surface area (Å²) in [5, 5.41) is 3.22. The molecular weight excluding hydrogens is 324 g/mol. The molecule has 7 heteroatoms. The van der Waals surface area contributed by atoms with Crippen molar-refractivity contribution in [2.24, 2.45) is 5.92 Å². The summed E-state index contributed by atoms with van der Waals surface area (Å²) in [6.07, 6.45) is 1.92. The maximum atomic E-state index is 14.0. The molecule has 120 valence electrons. The van der Waals surface area contributed by atoms with Crippen LogP contribution in [0.4, 0.5) is 13.2 Å². The van der Waals surface area contributed by atoms with E-state index in [4.69, 9.17) is 0 Å². The van der Waals surface area contributed by atoms with E-state index < -0.39 is 17.5 Å². The number of hydrogen-bond donors (Lipinski definition) is 1. The highest BCUT2D eigenvalue weighted by Crippen LogP contribution is 2.46. The van der Waals surface area contributed by atoms with Gasteiger partial charge in [-0.3, -0.25) is 4.90 Å². The summed E-state index contributed by atoms with van der Waals surface area (Å²) >= 11 is 0. The van der Waals surface area contributed by atoms with Gasteiger partial charge in [0.25, 0.3) is 0 Å². The smallest absolute Gasteiger partial charge is 0.166 e. The highest BCUT2D eigenvalue weighted by Gasteiger charge is 2.40. The first-order valence-electron chi connectivity index (χ1n) is 6.76. The highest BCUT2D eigenvalue weighted by molar-refractivity contribution is 5.85. The van der Waals surface area contributed by atoms with Gasteiger partial charge in [0.2, 0.25) is 0 Å². The topological polar surface area (TPSA) is 15.3 Å². The van der Waals surface area contributed by atoms with Gasteiger partial charge in [0, 0.05) is 37.8 Å². The molecule has 1 aromatic carbocycles. The van der Waals surface area contributed by atoms with Crippen LogP contribution in [0.15, 0.2) is 12.1 Å². The second kappa shape index (κ2) is 7.68. The van der Waals surface area contributed by atoms with Gasteiger partial charge in [-0.2, -0.15) is 0 Å². The number of nitrogens with one attached hydrogen (secondary N) is 1. The van der Waals surface area contributed by atoms with Crippen LogP contribution in [0.5, 0.6) is 0 Å². The Labute approximate surface area is 134 Å². The summed E-state index contributed by atoms with van der Waals surface area (Å²) in [4.78, 5) is 2.08. The van der Waals surface area contributed by atoms with Crippen molar-refractivity contribution in [3.63, 3.8) is 0 Å². The molecule has 1 saturated carbocycles. The van der Waals surface area contributed by atoms with Crippen LogP contribution in [0.25, 0.3) is 0 Å². The van der Waals surface area contributed by atoms with E-state index in [1.807, 2.05) is 0 Å².